The van der Waals surface area contributed by atoms with E-state index in [0.29, 0.717) is 24.6 Å². The number of hydrogen-bond acceptors (Lipinski definition) is 6. The Morgan fingerprint density at radius 3 is 2.78 bits per heavy atom. The fourth-order valence-corrected chi connectivity index (χ4v) is 4.46. The van der Waals surface area contributed by atoms with Crippen LogP contribution in [0.2, 0.25) is 0 Å². The molecule has 2 fully saturated rings. The highest BCUT2D eigenvalue weighted by Crippen LogP contribution is 2.33. The first-order valence-electron chi connectivity index (χ1n) is 6.45. The molecular formula is C11H17N3O3S. The molecule has 6 nitrogen and oxygen atoms in total. The van der Waals surface area contributed by atoms with E-state index in [4.69, 9.17) is 4.52 Å². The highest BCUT2D eigenvalue weighted by molar-refractivity contribution is 7.91. The maximum Gasteiger partial charge on any atom is 0.243 e. The van der Waals surface area contributed by atoms with Crippen LogP contribution in [0.4, 0.5) is 0 Å². The highest BCUT2D eigenvalue weighted by atomic mass is 32.2. The van der Waals surface area contributed by atoms with Crippen LogP contribution in [0.25, 0.3) is 0 Å². The van der Waals surface area contributed by atoms with E-state index in [1.54, 1.807) is 0 Å². The predicted octanol–water partition coefficient (Wildman–Crippen LogP) is 1.13. The summed E-state index contributed by atoms with van der Waals surface area (Å²) in [6.07, 6.45) is 4.57. The van der Waals surface area contributed by atoms with Gasteiger partial charge in [0.25, 0.3) is 0 Å². The standard InChI is InChI=1S/C11H17N3O3S/c15-18(16)7-3-5-9(18)10-13-11(17-14-10)8-4-1-2-6-12-8/h8-9,12H,1-7H2. The van der Waals surface area contributed by atoms with Gasteiger partial charge in [0.15, 0.2) is 15.7 Å². The first kappa shape index (κ1) is 12.1. The number of nitrogens with zero attached hydrogens (tertiary/aromatic N) is 2. The third kappa shape index (κ3) is 2.16. The molecule has 0 radical (unpaired) electrons. The van der Waals surface area contributed by atoms with Crippen LogP contribution in [0, 0.1) is 0 Å². The lowest BCUT2D eigenvalue weighted by Gasteiger charge is -2.19. The number of nitrogens with one attached hydrogen (secondary N) is 1. The quantitative estimate of drug-likeness (QED) is 0.868. The van der Waals surface area contributed by atoms with Crippen LogP contribution in [-0.4, -0.2) is 30.9 Å². The van der Waals surface area contributed by atoms with E-state index in [1.807, 2.05) is 0 Å². The van der Waals surface area contributed by atoms with Crippen molar-refractivity contribution in [2.75, 3.05) is 12.3 Å². The fraction of sp³-hybridized carbons (Fsp3) is 0.818. The zero-order valence-corrected chi connectivity index (χ0v) is 10.9. The normalized spacial score (nSPS) is 31.6. The molecule has 3 rings (SSSR count). The van der Waals surface area contributed by atoms with Crippen molar-refractivity contribution in [3.8, 4) is 0 Å². The van der Waals surface area contributed by atoms with Gasteiger partial charge >= 0.3 is 0 Å². The van der Waals surface area contributed by atoms with Crippen molar-refractivity contribution in [1.82, 2.24) is 15.5 Å². The molecule has 2 aliphatic heterocycles. The Morgan fingerprint density at radius 1 is 1.22 bits per heavy atom. The summed E-state index contributed by atoms with van der Waals surface area (Å²) in [4.78, 5) is 4.29. The summed E-state index contributed by atoms with van der Waals surface area (Å²) in [6.45, 7) is 0.949. The summed E-state index contributed by atoms with van der Waals surface area (Å²) < 4.78 is 28.8. The molecule has 3 heterocycles. The molecule has 18 heavy (non-hydrogen) atoms. The molecule has 0 aromatic carbocycles. The van der Waals surface area contributed by atoms with Gasteiger partial charge in [-0.1, -0.05) is 11.6 Å². The van der Waals surface area contributed by atoms with E-state index in [1.165, 1.54) is 0 Å². The molecule has 1 N–H and O–H groups in total. The minimum Gasteiger partial charge on any atom is -0.338 e. The lowest BCUT2D eigenvalue weighted by molar-refractivity contribution is 0.295. The summed E-state index contributed by atoms with van der Waals surface area (Å²) in [6, 6.07) is 0.0871. The highest BCUT2D eigenvalue weighted by Gasteiger charge is 2.36. The zero-order valence-electron chi connectivity index (χ0n) is 10.1. The van der Waals surface area contributed by atoms with Gasteiger partial charge in [0.05, 0.1) is 11.8 Å². The lowest BCUT2D eigenvalue weighted by atomic mass is 10.1. The van der Waals surface area contributed by atoms with E-state index in [0.717, 1.165) is 25.8 Å². The second-order valence-corrected chi connectivity index (χ2v) is 7.29. The molecule has 1 aromatic rings. The van der Waals surface area contributed by atoms with Crippen LogP contribution in [0.1, 0.15) is 55.1 Å². The summed E-state index contributed by atoms with van der Waals surface area (Å²) in [5.74, 6) is 1.12. The van der Waals surface area contributed by atoms with Crippen molar-refractivity contribution < 1.29 is 12.9 Å². The van der Waals surface area contributed by atoms with Crippen molar-refractivity contribution in [1.29, 1.82) is 0 Å². The third-order valence-corrected chi connectivity index (χ3v) is 5.85. The number of hydrogen-bond donors (Lipinski definition) is 1. The van der Waals surface area contributed by atoms with E-state index in [-0.39, 0.29) is 11.8 Å². The molecular weight excluding hydrogens is 254 g/mol. The maximum absolute atomic E-state index is 11.8. The smallest absolute Gasteiger partial charge is 0.243 e. The number of piperidine rings is 1. The van der Waals surface area contributed by atoms with Crippen molar-refractivity contribution in [2.24, 2.45) is 0 Å². The Hall–Kier alpha value is -0.950. The van der Waals surface area contributed by atoms with Crippen LogP contribution in [0.3, 0.4) is 0 Å². The predicted molar refractivity (Wildman–Crippen MR) is 64.7 cm³/mol. The van der Waals surface area contributed by atoms with Crippen LogP contribution < -0.4 is 5.32 Å². The van der Waals surface area contributed by atoms with E-state index in [2.05, 4.69) is 15.5 Å². The topological polar surface area (TPSA) is 85.1 Å². The summed E-state index contributed by atoms with van der Waals surface area (Å²) in [5, 5.41) is 6.62. The van der Waals surface area contributed by atoms with Crippen LogP contribution >= 0.6 is 0 Å². The molecule has 2 unspecified atom stereocenters. The van der Waals surface area contributed by atoms with Crippen LogP contribution in [0.5, 0.6) is 0 Å². The number of rotatable bonds is 2. The number of sulfone groups is 1. The van der Waals surface area contributed by atoms with Gasteiger partial charge in [-0.3, -0.25) is 0 Å². The van der Waals surface area contributed by atoms with Gasteiger partial charge in [0, 0.05) is 0 Å². The molecule has 2 aliphatic rings. The molecule has 7 heteroatoms. The summed E-state index contributed by atoms with van der Waals surface area (Å²) >= 11 is 0. The zero-order chi connectivity index (χ0) is 12.6. The maximum atomic E-state index is 11.8. The minimum atomic E-state index is -3.06. The minimum absolute atomic E-state index is 0.0871. The molecule has 0 spiro atoms. The Labute approximate surface area is 106 Å². The summed E-state index contributed by atoms with van der Waals surface area (Å²) in [7, 11) is -3.06. The molecule has 0 amide bonds. The lowest BCUT2D eigenvalue weighted by Crippen LogP contribution is -2.27. The number of aromatic nitrogens is 2. The molecule has 0 saturated carbocycles. The van der Waals surface area contributed by atoms with Crippen molar-refractivity contribution in [2.45, 2.75) is 43.4 Å². The molecule has 100 valence electrons. The van der Waals surface area contributed by atoms with Gasteiger partial charge in [0.2, 0.25) is 5.89 Å². The molecule has 2 saturated heterocycles. The first-order chi connectivity index (χ1) is 8.67. The van der Waals surface area contributed by atoms with E-state index < -0.39 is 15.1 Å². The van der Waals surface area contributed by atoms with Gasteiger partial charge in [-0.05, 0) is 32.2 Å². The Kier molecular flexibility index (Phi) is 3.11. The average molecular weight is 271 g/mol. The van der Waals surface area contributed by atoms with Gasteiger partial charge in [-0.2, -0.15) is 4.98 Å². The third-order valence-electron chi connectivity index (χ3n) is 3.68. The first-order valence-corrected chi connectivity index (χ1v) is 8.17. The Balaban J connectivity index is 1.81. The SMILES string of the molecule is O=S1(=O)CCCC1c1noc(C2CCCCN2)n1. The van der Waals surface area contributed by atoms with Crippen molar-refractivity contribution >= 4 is 9.84 Å². The second-order valence-electron chi connectivity index (χ2n) is 4.99. The van der Waals surface area contributed by atoms with Crippen molar-refractivity contribution in [3.05, 3.63) is 11.7 Å². The van der Waals surface area contributed by atoms with Crippen molar-refractivity contribution in [3.63, 3.8) is 0 Å². The van der Waals surface area contributed by atoms with Gasteiger partial charge < -0.3 is 9.84 Å². The Bertz CT molecular complexity index is 519. The van der Waals surface area contributed by atoms with E-state index in [9.17, 15) is 8.42 Å². The largest absolute Gasteiger partial charge is 0.338 e. The monoisotopic (exact) mass is 271 g/mol. The van der Waals surface area contributed by atoms with Gasteiger partial charge in [0.1, 0.15) is 5.25 Å². The second kappa shape index (κ2) is 4.62. The molecule has 0 bridgehead atoms. The summed E-state index contributed by atoms with van der Waals surface area (Å²) in [5.41, 5.74) is 0. The van der Waals surface area contributed by atoms with Gasteiger partial charge in [-0.25, -0.2) is 8.42 Å². The molecule has 0 aliphatic carbocycles. The fourth-order valence-electron chi connectivity index (χ4n) is 2.66. The van der Waals surface area contributed by atoms with Gasteiger partial charge in [-0.15, -0.1) is 0 Å². The van der Waals surface area contributed by atoms with Crippen LogP contribution in [-0.2, 0) is 9.84 Å². The molecule has 1 aromatic heterocycles. The average Bonchev–Trinajstić information content (AvgIpc) is 2.96. The van der Waals surface area contributed by atoms with Crippen LogP contribution in [0.15, 0.2) is 4.52 Å². The Morgan fingerprint density at radius 2 is 2.11 bits per heavy atom. The van der Waals surface area contributed by atoms with E-state index >= 15 is 0 Å². The molecule has 2 atom stereocenters.